The molecule has 2 aromatic rings. The van der Waals surface area contributed by atoms with Crippen LogP contribution in [0.25, 0.3) is 11.0 Å². The summed E-state index contributed by atoms with van der Waals surface area (Å²) in [6, 6.07) is 5.83. The van der Waals surface area contributed by atoms with Gasteiger partial charge in [-0.3, -0.25) is 4.79 Å². The van der Waals surface area contributed by atoms with Gasteiger partial charge in [0.05, 0.1) is 12.6 Å². The highest BCUT2D eigenvalue weighted by molar-refractivity contribution is 5.87. The number of nitrogens with two attached hydrogens (primary N) is 1. The predicted molar refractivity (Wildman–Crippen MR) is 100.0 cm³/mol. The number of carbonyl (C=O) groups is 2. The number of hydrogen-bond donors (Lipinski definition) is 3. The molecule has 0 bridgehead atoms. The van der Waals surface area contributed by atoms with Gasteiger partial charge in [-0.1, -0.05) is 31.9 Å². The van der Waals surface area contributed by atoms with E-state index in [1.54, 1.807) is 0 Å². The van der Waals surface area contributed by atoms with Gasteiger partial charge in [0.1, 0.15) is 11.8 Å². The first-order valence-electron chi connectivity index (χ1n) is 8.97. The molecular formula is C19H27N3O4. The highest BCUT2D eigenvalue weighted by atomic mass is 16.5. The molecule has 3 amide bonds. The zero-order valence-corrected chi connectivity index (χ0v) is 15.5. The van der Waals surface area contributed by atoms with Crippen molar-refractivity contribution in [3.63, 3.8) is 0 Å². The Morgan fingerprint density at radius 2 is 2.04 bits per heavy atom. The van der Waals surface area contributed by atoms with Gasteiger partial charge in [0.25, 0.3) is 0 Å². The van der Waals surface area contributed by atoms with Crippen LogP contribution in [0, 0.1) is 0 Å². The lowest BCUT2D eigenvalue weighted by atomic mass is 10.1. The summed E-state index contributed by atoms with van der Waals surface area (Å²) < 4.78 is 11.5. The molecule has 142 valence electrons. The van der Waals surface area contributed by atoms with E-state index in [1.807, 2.05) is 45.0 Å². The number of benzene rings is 1. The van der Waals surface area contributed by atoms with E-state index in [-0.39, 0.29) is 11.9 Å². The molecule has 7 nitrogen and oxygen atoms in total. The standard InChI is InChI=1S/C19H27N3O4/c1-4-6-9-14(22-19(20)24)18(23)21-12(3)16-11-13-8-7-10-15(25-5-2)17(13)26-16/h7-8,10-12,14H,4-6,9H2,1-3H3,(H,21,23)(H3,20,22,24). The molecule has 7 heteroatoms. The van der Waals surface area contributed by atoms with Crippen molar-refractivity contribution in [2.24, 2.45) is 5.73 Å². The Labute approximate surface area is 153 Å². The van der Waals surface area contributed by atoms with Crippen molar-refractivity contribution in [3.05, 3.63) is 30.0 Å². The number of nitrogens with one attached hydrogen (secondary N) is 2. The number of rotatable bonds is 9. The minimum Gasteiger partial charge on any atom is -0.490 e. The monoisotopic (exact) mass is 361 g/mol. The molecular weight excluding hydrogens is 334 g/mol. The fourth-order valence-corrected chi connectivity index (χ4v) is 2.77. The number of unbranched alkanes of at least 4 members (excludes halogenated alkanes) is 1. The number of amides is 3. The molecule has 0 saturated heterocycles. The molecule has 0 saturated carbocycles. The van der Waals surface area contributed by atoms with Gasteiger partial charge in [0, 0.05) is 5.39 Å². The largest absolute Gasteiger partial charge is 0.490 e. The van der Waals surface area contributed by atoms with Gasteiger partial charge >= 0.3 is 6.03 Å². The van der Waals surface area contributed by atoms with Crippen molar-refractivity contribution in [2.75, 3.05) is 6.61 Å². The third kappa shape index (κ3) is 4.91. The summed E-state index contributed by atoms with van der Waals surface area (Å²) >= 11 is 0. The van der Waals surface area contributed by atoms with Crippen LogP contribution in [0.2, 0.25) is 0 Å². The van der Waals surface area contributed by atoms with Crippen LogP contribution in [-0.2, 0) is 4.79 Å². The van der Waals surface area contributed by atoms with Gasteiger partial charge in [0.2, 0.25) is 5.91 Å². The molecule has 2 atom stereocenters. The van der Waals surface area contributed by atoms with E-state index in [1.165, 1.54) is 0 Å². The molecule has 0 aliphatic rings. The SMILES string of the molecule is CCCCC(NC(N)=O)C(=O)NC(C)c1cc2cccc(OCC)c2o1. The number of hydrogen-bond acceptors (Lipinski definition) is 4. The lowest BCUT2D eigenvalue weighted by Crippen LogP contribution is -2.49. The van der Waals surface area contributed by atoms with Gasteiger partial charge in [0.15, 0.2) is 11.3 Å². The van der Waals surface area contributed by atoms with E-state index in [4.69, 9.17) is 14.9 Å². The molecule has 4 N–H and O–H groups in total. The minimum absolute atomic E-state index is 0.282. The van der Waals surface area contributed by atoms with Crippen molar-refractivity contribution in [1.82, 2.24) is 10.6 Å². The normalized spacial score (nSPS) is 13.2. The second-order valence-electron chi connectivity index (χ2n) is 6.19. The van der Waals surface area contributed by atoms with Gasteiger partial charge < -0.3 is 25.5 Å². The van der Waals surface area contributed by atoms with Crippen LogP contribution in [0.3, 0.4) is 0 Å². The second kappa shape index (κ2) is 9.12. The lowest BCUT2D eigenvalue weighted by molar-refractivity contribution is -0.123. The number of carbonyl (C=O) groups excluding carboxylic acids is 2. The molecule has 0 fully saturated rings. The zero-order chi connectivity index (χ0) is 19.1. The minimum atomic E-state index is -0.709. The Hall–Kier alpha value is -2.70. The molecule has 0 aliphatic heterocycles. The average Bonchev–Trinajstić information content (AvgIpc) is 3.04. The molecule has 1 heterocycles. The molecule has 0 spiro atoms. The van der Waals surface area contributed by atoms with Crippen molar-refractivity contribution >= 4 is 22.9 Å². The van der Waals surface area contributed by atoms with E-state index < -0.39 is 12.1 Å². The first-order chi connectivity index (χ1) is 12.5. The summed E-state index contributed by atoms with van der Waals surface area (Å²) in [5, 5.41) is 6.29. The van der Waals surface area contributed by atoms with Crippen LogP contribution in [-0.4, -0.2) is 24.6 Å². The van der Waals surface area contributed by atoms with Crippen LogP contribution in [0.1, 0.15) is 51.8 Å². The number of para-hydroxylation sites is 1. The number of urea groups is 1. The Morgan fingerprint density at radius 3 is 2.69 bits per heavy atom. The molecule has 0 aliphatic carbocycles. The van der Waals surface area contributed by atoms with Gasteiger partial charge in [-0.05, 0) is 32.4 Å². The van der Waals surface area contributed by atoms with Crippen molar-refractivity contribution in [1.29, 1.82) is 0 Å². The zero-order valence-electron chi connectivity index (χ0n) is 15.5. The quantitative estimate of drug-likeness (QED) is 0.637. The van der Waals surface area contributed by atoms with E-state index in [2.05, 4.69) is 10.6 Å². The van der Waals surface area contributed by atoms with E-state index in [9.17, 15) is 9.59 Å². The smallest absolute Gasteiger partial charge is 0.312 e. The Kier molecular flexibility index (Phi) is 6.89. The van der Waals surface area contributed by atoms with Gasteiger partial charge in [-0.25, -0.2) is 4.79 Å². The topological polar surface area (TPSA) is 107 Å². The van der Waals surface area contributed by atoms with Crippen LogP contribution in [0.15, 0.2) is 28.7 Å². The van der Waals surface area contributed by atoms with Crippen molar-refractivity contribution < 1.29 is 18.7 Å². The summed E-state index contributed by atoms with van der Waals surface area (Å²) in [6.07, 6.45) is 2.27. The molecule has 1 aromatic carbocycles. The maximum absolute atomic E-state index is 12.5. The summed E-state index contributed by atoms with van der Waals surface area (Å²) in [5.74, 6) is 1.01. The van der Waals surface area contributed by atoms with Crippen LogP contribution in [0.5, 0.6) is 5.75 Å². The van der Waals surface area contributed by atoms with E-state index in [0.717, 1.165) is 18.2 Å². The third-order valence-electron chi connectivity index (χ3n) is 4.09. The fourth-order valence-electron chi connectivity index (χ4n) is 2.77. The first-order valence-corrected chi connectivity index (χ1v) is 8.97. The van der Waals surface area contributed by atoms with Crippen LogP contribution in [0.4, 0.5) is 4.79 Å². The molecule has 1 aromatic heterocycles. The summed E-state index contributed by atoms with van der Waals surface area (Å²) in [5.41, 5.74) is 5.83. The fraction of sp³-hybridized carbons (Fsp3) is 0.474. The first kappa shape index (κ1) is 19.6. The highest BCUT2D eigenvalue weighted by Gasteiger charge is 2.23. The van der Waals surface area contributed by atoms with E-state index in [0.29, 0.717) is 30.1 Å². The number of fused-ring (bicyclic) bond motifs is 1. The lowest BCUT2D eigenvalue weighted by Gasteiger charge is -2.19. The second-order valence-corrected chi connectivity index (χ2v) is 6.19. The molecule has 26 heavy (non-hydrogen) atoms. The Morgan fingerprint density at radius 1 is 1.27 bits per heavy atom. The Balaban J connectivity index is 2.13. The molecule has 2 rings (SSSR count). The summed E-state index contributed by atoms with van der Waals surface area (Å²) in [7, 11) is 0. The average molecular weight is 361 g/mol. The number of ether oxygens (including phenoxy) is 1. The van der Waals surface area contributed by atoms with E-state index >= 15 is 0 Å². The maximum atomic E-state index is 12.5. The summed E-state index contributed by atoms with van der Waals surface area (Å²) in [4.78, 5) is 23.7. The van der Waals surface area contributed by atoms with Gasteiger partial charge in [-0.2, -0.15) is 0 Å². The highest BCUT2D eigenvalue weighted by Crippen LogP contribution is 2.31. The number of furan rings is 1. The van der Waals surface area contributed by atoms with Crippen LogP contribution < -0.4 is 21.1 Å². The summed E-state index contributed by atoms with van der Waals surface area (Å²) in [6.45, 7) is 6.30. The molecule has 0 radical (unpaired) electrons. The Bertz CT molecular complexity index is 756. The van der Waals surface area contributed by atoms with Crippen molar-refractivity contribution in [2.45, 2.75) is 52.1 Å². The maximum Gasteiger partial charge on any atom is 0.312 e. The van der Waals surface area contributed by atoms with Crippen LogP contribution >= 0.6 is 0 Å². The van der Waals surface area contributed by atoms with Crippen molar-refractivity contribution in [3.8, 4) is 5.75 Å². The van der Waals surface area contributed by atoms with Gasteiger partial charge in [-0.15, -0.1) is 0 Å². The third-order valence-corrected chi connectivity index (χ3v) is 4.09. The molecule has 2 unspecified atom stereocenters. The number of primary amides is 1. The predicted octanol–water partition coefficient (Wildman–Crippen LogP) is 3.24.